The maximum Gasteiger partial charge on any atom is 0.326 e. The maximum absolute atomic E-state index is 12.8. The highest BCUT2D eigenvalue weighted by atomic mass is 16.3. The minimum atomic E-state index is -0.478. The number of nitrogens with zero attached hydrogens (tertiary/aromatic N) is 2. The first-order valence-corrected chi connectivity index (χ1v) is 8.90. The topological polar surface area (TPSA) is 86.7 Å². The van der Waals surface area contributed by atoms with Crippen LogP contribution >= 0.6 is 0 Å². The summed E-state index contributed by atoms with van der Waals surface area (Å²) in [6.45, 7) is 0. The molecule has 7 rings (SSSR count). The van der Waals surface area contributed by atoms with Gasteiger partial charge in [-0.2, -0.15) is 0 Å². The molecular weight excluding hydrogens is 304 g/mol. The van der Waals surface area contributed by atoms with Crippen molar-refractivity contribution < 1.29 is 5.11 Å². The van der Waals surface area contributed by atoms with E-state index in [2.05, 4.69) is 15.0 Å². The van der Waals surface area contributed by atoms with Crippen molar-refractivity contribution in [3.63, 3.8) is 0 Å². The molecule has 0 radical (unpaired) electrons. The highest BCUT2D eigenvalue weighted by Gasteiger charge is 2.55. The van der Waals surface area contributed by atoms with Crippen LogP contribution in [0, 0.1) is 17.8 Å². The van der Waals surface area contributed by atoms with E-state index in [4.69, 9.17) is 0 Å². The fourth-order valence-electron chi connectivity index (χ4n) is 6.28. The van der Waals surface area contributed by atoms with E-state index >= 15 is 0 Å². The summed E-state index contributed by atoms with van der Waals surface area (Å²) < 4.78 is 1.99. The molecule has 0 saturated heterocycles. The van der Waals surface area contributed by atoms with Crippen LogP contribution in [0.1, 0.15) is 38.1 Å². The minimum Gasteiger partial charge on any atom is -0.390 e. The Morgan fingerprint density at radius 1 is 1.25 bits per heavy atom. The molecule has 4 aliphatic carbocycles. The van der Waals surface area contributed by atoms with Gasteiger partial charge in [0.2, 0.25) is 0 Å². The monoisotopic (exact) mass is 324 g/mol. The lowest BCUT2D eigenvalue weighted by Crippen LogP contribution is -2.55. The largest absolute Gasteiger partial charge is 0.390 e. The van der Waals surface area contributed by atoms with Crippen molar-refractivity contribution in [2.45, 2.75) is 43.7 Å². The van der Waals surface area contributed by atoms with Gasteiger partial charge in [-0.05, 0) is 55.9 Å². The zero-order chi connectivity index (χ0) is 16.1. The standard InChI is InChI=1S/C18H20N4O2/c23-17-21-13-8-20-16-12(1-2-19-16)15(13)22(17)14-10-3-9-4-11(14)7-18(24,5-9)6-10/h1-2,8-11,14,24H,3-7H2,(H,19,20)(H,21,23)/t9?,10-,11+,14?,18?. The number of aromatic amines is 2. The Morgan fingerprint density at radius 3 is 2.79 bits per heavy atom. The van der Waals surface area contributed by atoms with Crippen LogP contribution in [-0.2, 0) is 0 Å². The molecule has 5 atom stereocenters. The van der Waals surface area contributed by atoms with Gasteiger partial charge in [0.05, 0.1) is 22.8 Å². The lowest BCUT2D eigenvalue weighted by molar-refractivity contribution is -0.146. The number of imidazole rings is 1. The van der Waals surface area contributed by atoms with Crippen molar-refractivity contribution in [3.8, 4) is 0 Å². The van der Waals surface area contributed by atoms with E-state index < -0.39 is 5.60 Å². The predicted molar refractivity (Wildman–Crippen MR) is 89.8 cm³/mol. The van der Waals surface area contributed by atoms with Gasteiger partial charge in [-0.1, -0.05) is 0 Å². The summed E-state index contributed by atoms with van der Waals surface area (Å²) in [5.41, 5.74) is 2.08. The Labute approximate surface area is 137 Å². The van der Waals surface area contributed by atoms with Gasteiger partial charge in [-0.15, -0.1) is 0 Å². The first-order valence-electron chi connectivity index (χ1n) is 8.90. The van der Waals surface area contributed by atoms with Crippen LogP contribution in [-0.4, -0.2) is 30.2 Å². The smallest absolute Gasteiger partial charge is 0.326 e. The van der Waals surface area contributed by atoms with E-state index in [0.717, 1.165) is 54.2 Å². The van der Waals surface area contributed by atoms with Gasteiger partial charge in [-0.25, -0.2) is 9.78 Å². The van der Waals surface area contributed by atoms with E-state index in [1.54, 1.807) is 6.20 Å². The molecule has 124 valence electrons. The molecule has 0 aromatic carbocycles. The lowest BCUT2D eigenvalue weighted by Gasteiger charge is -2.58. The summed E-state index contributed by atoms with van der Waals surface area (Å²) in [5.74, 6) is 1.44. The molecular formula is C18H20N4O2. The second kappa shape index (κ2) is 4.11. The van der Waals surface area contributed by atoms with Crippen molar-refractivity contribution in [1.29, 1.82) is 0 Å². The summed E-state index contributed by atoms with van der Waals surface area (Å²) in [5, 5.41) is 11.8. The van der Waals surface area contributed by atoms with Crippen LogP contribution in [0.5, 0.6) is 0 Å². The van der Waals surface area contributed by atoms with Crippen molar-refractivity contribution >= 4 is 22.1 Å². The average Bonchev–Trinajstić information content (AvgIpc) is 3.09. The third kappa shape index (κ3) is 1.55. The Hall–Kier alpha value is -2.08. The minimum absolute atomic E-state index is 0.0371. The zero-order valence-electron chi connectivity index (χ0n) is 13.3. The Balaban J connectivity index is 1.61. The number of hydrogen-bond donors (Lipinski definition) is 3. The summed E-state index contributed by atoms with van der Waals surface area (Å²) in [6, 6.07) is 2.20. The zero-order valence-corrected chi connectivity index (χ0v) is 13.3. The fraction of sp³-hybridized carbons (Fsp3) is 0.556. The van der Waals surface area contributed by atoms with Crippen molar-refractivity contribution in [3.05, 3.63) is 28.9 Å². The van der Waals surface area contributed by atoms with E-state index in [-0.39, 0.29) is 11.7 Å². The lowest BCUT2D eigenvalue weighted by atomic mass is 9.52. The summed E-state index contributed by atoms with van der Waals surface area (Å²) in [4.78, 5) is 23.3. The number of aromatic nitrogens is 4. The van der Waals surface area contributed by atoms with Crippen LogP contribution < -0.4 is 5.69 Å². The number of aliphatic hydroxyl groups is 1. The third-order valence-electron chi connectivity index (χ3n) is 6.75. The van der Waals surface area contributed by atoms with Crippen LogP contribution in [0.15, 0.2) is 23.3 Å². The Bertz CT molecular complexity index is 1010. The van der Waals surface area contributed by atoms with E-state index in [0.29, 0.717) is 17.8 Å². The van der Waals surface area contributed by atoms with Gasteiger partial charge < -0.3 is 15.1 Å². The summed E-state index contributed by atoms with van der Waals surface area (Å²) >= 11 is 0. The molecule has 3 aromatic heterocycles. The van der Waals surface area contributed by atoms with Gasteiger partial charge in [0.25, 0.3) is 0 Å². The number of rotatable bonds is 1. The number of nitrogens with one attached hydrogen (secondary N) is 2. The van der Waals surface area contributed by atoms with Crippen LogP contribution in [0.4, 0.5) is 0 Å². The van der Waals surface area contributed by atoms with Gasteiger partial charge in [0, 0.05) is 17.6 Å². The Morgan fingerprint density at radius 2 is 2.04 bits per heavy atom. The molecule has 24 heavy (non-hydrogen) atoms. The first-order chi connectivity index (χ1) is 11.6. The molecule has 0 amide bonds. The summed E-state index contributed by atoms with van der Waals surface area (Å²) in [7, 11) is 0. The SMILES string of the molecule is O=c1[nH]c2cnc3[nH]ccc3c2n1C1[C@@H]2CC3C[C@H]1CC(O)(C3)C2. The van der Waals surface area contributed by atoms with Gasteiger partial charge >= 0.3 is 5.69 Å². The van der Waals surface area contributed by atoms with Gasteiger partial charge in [0.1, 0.15) is 5.65 Å². The second-order valence-electron chi connectivity index (χ2n) is 8.25. The Kier molecular flexibility index (Phi) is 2.27. The highest BCUT2D eigenvalue weighted by molar-refractivity contribution is 6.00. The predicted octanol–water partition coefficient (Wildman–Crippen LogP) is 2.32. The van der Waals surface area contributed by atoms with Crippen molar-refractivity contribution in [2.75, 3.05) is 0 Å². The third-order valence-corrected chi connectivity index (χ3v) is 6.75. The highest BCUT2D eigenvalue weighted by Crippen LogP contribution is 2.60. The molecule has 6 heteroatoms. The second-order valence-corrected chi connectivity index (χ2v) is 8.25. The molecule has 3 heterocycles. The van der Waals surface area contributed by atoms with E-state index in [1.165, 1.54) is 0 Å². The molecule has 4 aliphatic rings. The van der Waals surface area contributed by atoms with Crippen molar-refractivity contribution in [1.82, 2.24) is 19.5 Å². The van der Waals surface area contributed by atoms with Gasteiger partial charge in [0.15, 0.2) is 0 Å². The van der Waals surface area contributed by atoms with E-state index in [1.807, 2.05) is 16.8 Å². The maximum atomic E-state index is 12.8. The molecule has 4 fully saturated rings. The molecule has 4 bridgehead atoms. The van der Waals surface area contributed by atoms with E-state index in [9.17, 15) is 9.90 Å². The molecule has 6 nitrogen and oxygen atoms in total. The molecule has 4 saturated carbocycles. The molecule has 3 N–H and O–H groups in total. The number of pyridine rings is 1. The average molecular weight is 324 g/mol. The summed E-state index contributed by atoms with van der Waals surface area (Å²) in [6.07, 6.45) is 8.54. The van der Waals surface area contributed by atoms with Crippen LogP contribution in [0.3, 0.4) is 0 Å². The van der Waals surface area contributed by atoms with Gasteiger partial charge in [-0.3, -0.25) is 4.57 Å². The quantitative estimate of drug-likeness (QED) is 0.642. The molecule has 3 unspecified atom stereocenters. The molecule has 0 spiro atoms. The first kappa shape index (κ1) is 13.2. The molecule has 3 aromatic rings. The number of fused-ring (bicyclic) bond motifs is 3. The number of H-pyrrole nitrogens is 2. The normalized spacial score (nSPS) is 37.7. The fourth-order valence-corrected chi connectivity index (χ4v) is 6.28. The molecule has 0 aliphatic heterocycles. The van der Waals surface area contributed by atoms with Crippen LogP contribution in [0.25, 0.3) is 22.1 Å². The van der Waals surface area contributed by atoms with Crippen molar-refractivity contribution in [2.24, 2.45) is 17.8 Å². The van der Waals surface area contributed by atoms with Crippen LogP contribution in [0.2, 0.25) is 0 Å². The number of hydrogen-bond acceptors (Lipinski definition) is 3.